The zero-order chi connectivity index (χ0) is 19.2. The van der Waals surface area contributed by atoms with E-state index in [2.05, 4.69) is 4.98 Å². The number of hydrogen-bond donors (Lipinski definition) is 0. The highest BCUT2D eigenvalue weighted by Crippen LogP contribution is 2.21. The van der Waals surface area contributed by atoms with Crippen LogP contribution in [0.25, 0.3) is 10.9 Å². The Labute approximate surface area is 167 Å². The van der Waals surface area contributed by atoms with Gasteiger partial charge in [0.2, 0.25) is 5.91 Å². The number of piperidine rings is 1. The van der Waals surface area contributed by atoms with Crippen molar-refractivity contribution < 1.29 is 9.53 Å². The summed E-state index contributed by atoms with van der Waals surface area (Å²) < 4.78 is 6.75. The van der Waals surface area contributed by atoms with Crippen molar-refractivity contribution in [3.05, 3.63) is 33.6 Å². The quantitative estimate of drug-likeness (QED) is 0.399. The number of likely N-dealkylation sites (tertiary alicyclic amines) is 1. The van der Waals surface area contributed by atoms with E-state index in [0.29, 0.717) is 40.7 Å². The van der Waals surface area contributed by atoms with Crippen LogP contribution in [-0.2, 0) is 16.1 Å². The molecule has 2 aromatic rings. The lowest BCUT2D eigenvalue weighted by molar-refractivity contribution is -0.129. The third-order valence-corrected chi connectivity index (χ3v) is 5.84. The fourth-order valence-corrected chi connectivity index (χ4v) is 4.30. The summed E-state index contributed by atoms with van der Waals surface area (Å²) in [5, 5.41) is 1.62. The standard InChI is InChI=1S/C19H24ClN3O3S/c1-26-11-5-10-23-18(25)15-7-6-14(20)12-16(15)21-19(23)27-13-17(24)22-8-3-2-4-9-22/h6-7,12H,2-5,8-11,13H2,1H3. The number of thioether (sulfide) groups is 1. The number of fused-ring (bicyclic) bond motifs is 1. The van der Waals surface area contributed by atoms with Crippen molar-refractivity contribution >= 4 is 40.2 Å². The van der Waals surface area contributed by atoms with Crippen LogP contribution in [0.15, 0.2) is 28.2 Å². The van der Waals surface area contributed by atoms with E-state index in [1.165, 1.54) is 18.2 Å². The van der Waals surface area contributed by atoms with Crippen molar-refractivity contribution in [2.24, 2.45) is 0 Å². The second kappa shape index (κ2) is 9.57. The first-order valence-corrected chi connectivity index (χ1v) is 10.6. The second-order valence-electron chi connectivity index (χ2n) is 6.59. The monoisotopic (exact) mass is 409 g/mol. The zero-order valence-electron chi connectivity index (χ0n) is 15.4. The van der Waals surface area contributed by atoms with Crippen molar-refractivity contribution in [1.29, 1.82) is 0 Å². The van der Waals surface area contributed by atoms with Gasteiger partial charge >= 0.3 is 0 Å². The summed E-state index contributed by atoms with van der Waals surface area (Å²) >= 11 is 7.38. The molecule has 0 bridgehead atoms. The van der Waals surface area contributed by atoms with Gasteiger partial charge in [0.05, 0.1) is 16.7 Å². The molecule has 1 aliphatic rings. The maximum absolute atomic E-state index is 12.9. The predicted molar refractivity (Wildman–Crippen MR) is 109 cm³/mol. The molecule has 0 unspecified atom stereocenters. The average molecular weight is 410 g/mol. The van der Waals surface area contributed by atoms with E-state index in [0.717, 1.165) is 25.9 Å². The van der Waals surface area contributed by atoms with Crippen LogP contribution in [0.5, 0.6) is 0 Å². The molecule has 146 valence electrons. The molecule has 27 heavy (non-hydrogen) atoms. The molecule has 6 nitrogen and oxygen atoms in total. The molecule has 1 aromatic heterocycles. The summed E-state index contributed by atoms with van der Waals surface area (Å²) in [6.45, 7) is 2.70. The molecular weight excluding hydrogens is 386 g/mol. The number of hydrogen-bond acceptors (Lipinski definition) is 5. The number of methoxy groups -OCH3 is 1. The number of aromatic nitrogens is 2. The summed E-state index contributed by atoms with van der Waals surface area (Å²) in [6, 6.07) is 5.08. The maximum Gasteiger partial charge on any atom is 0.262 e. The van der Waals surface area contributed by atoms with Crippen LogP contribution < -0.4 is 5.56 Å². The van der Waals surface area contributed by atoms with Crippen LogP contribution in [0, 0.1) is 0 Å². The Kier molecular flexibility index (Phi) is 7.15. The molecule has 0 aliphatic carbocycles. The van der Waals surface area contributed by atoms with Gasteiger partial charge in [-0.3, -0.25) is 14.2 Å². The molecular formula is C19H24ClN3O3S. The van der Waals surface area contributed by atoms with E-state index in [9.17, 15) is 9.59 Å². The maximum atomic E-state index is 12.9. The fourth-order valence-electron chi connectivity index (χ4n) is 3.21. The molecule has 1 amide bonds. The lowest BCUT2D eigenvalue weighted by Crippen LogP contribution is -2.37. The van der Waals surface area contributed by atoms with Crippen LogP contribution in [0.2, 0.25) is 5.02 Å². The Bertz CT molecular complexity index is 865. The van der Waals surface area contributed by atoms with Crippen LogP contribution >= 0.6 is 23.4 Å². The highest BCUT2D eigenvalue weighted by Gasteiger charge is 2.18. The van der Waals surface area contributed by atoms with E-state index < -0.39 is 0 Å². The summed E-state index contributed by atoms with van der Waals surface area (Å²) in [7, 11) is 1.64. The molecule has 1 aliphatic heterocycles. The van der Waals surface area contributed by atoms with E-state index in [1.807, 2.05) is 4.90 Å². The lowest BCUT2D eigenvalue weighted by atomic mass is 10.1. The summed E-state index contributed by atoms with van der Waals surface area (Å²) in [6.07, 6.45) is 4.00. The topological polar surface area (TPSA) is 64.4 Å². The smallest absolute Gasteiger partial charge is 0.262 e. The van der Waals surface area contributed by atoms with Gasteiger partial charge in [-0.2, -0.15) is 0 Å². The van der Waals surface area contributed by atoms with E-state index in [-0.39, 0.29) is 17.2 Å². The number of carbonyl (C=O) groups excluding carboxylic acids is 1. The van der Waals surface area contributed by atoms with E-state index >= 15 is 0 Å². The first-order chi connectivity index (χ1) is 13.1. The molecule has 8 heteroatoms. The number of rotatable bonds is 7. The van der Waals surface area contributed by atoms with Gasteiger partial charge in [0.1, 0.15) is 0 Å². The molecule has 0 N–H and O–H groups in total. The molecule has 1 aromatic carbocycles. The van der Waals surface area contributed by atoms with Gasteiger partial charge in [-0.25, -0.2) is 4.98 Å². The Balaban J connectivity index is 1.85. The highest BCUT2D eigenvalue weighted by atomic mass is 35.5. The summed E-state index contributed by atoms with van der Waals surface area (Å²) in [5.74, 6) is 0.381. The molecule has 1 saturated heterocycles. The minimum absolute atomic E-state index is 0.101. The van der Waals surface area contributed by atoms with Crippen LogP contribution in [0.4, 0.5) is 0 Å². The number of ether oxygens (including phenoxy) is 1. The van der Waals surface area contributed by atoms with E-state index in [4.69, 9.17) is 16.3 Å². The van der Waals surface area contributed by atoms with Crippen molar-refractivity contribution in [2.45, 2.75) is 37.4 Å². The van der Waals surface area contributed by atoms with Gasteiger partial charge in [0, 0.05) is 38.4 Å². The SMILES string of the molecule is COCCCn1c(SCC(=O)N2CCCCC2)nc2cc(Cl)ccc2c1=O. The van der Waals surface area contributed by atoms with Crippen molar-refractivity contribution in [1.82, 2.24) is 14.5 Å². The molecule has 1 fully saturated rings. The molecule has 0 saturated carbocycles. The van der Waals surface area contributed by atoms with Gasteiger partial charge in [-0.1, -0.05) is 23.4 Å². The zero-order valence-corrected chi connectivity index (χ0v) is 17.0. The predicted octanol–water partition coefficient (Wildman–Crippen LogP) is 3.19. The number of nitrogens with zero attached hydrogens (tertiary/aromatic N) is 3. The van der Waals surface area contributed by atoms with Gasteiger partial charge in [0.25, 0.3) is 5.56 Å². The summed E-state index contributed by atoms with van der Waals surface area (Å²) in [4.78, 5) is 32.0. The Morgan fingerprint density at radius 3 is 2.81 bits per heavy atom. The Morgan fingerprint density at radius 2 is 2.07 bits per heavy atom. The average Bonchev–Trinajstić information content (AvgIpc) is 2.68. The molecule has 0 spiro atoms. The normalized spacial score (nSPS) is 14.7. The van der Waals surface area contributed by atoms with Gasteiger partial charge in [-0.15, -0.1) is 0 Å². The third-order valence-electron chi connectivity index (χ3n) is 4.65. The largest absolute Gasteiger partial charge is 0.385 e. The number of amides is 1. The van der Waals surface area contributed by atoms with Gasteiger partial charge in [0.15, 0.2) is 5.16 Å². The van der Waals surface area contributed by atoms with Gasteiger partial charge in [-0.05, 0) is 43.9 Å². The number of halogens is 1. The Hall–Kier alpha value is -1.57. The number of carbonyl (C=O) groups is 1. The van der Waals surface area contributed by atoms with Crippen LogP contribution in [0.3, 0.4) is 0 Å². The number of benzene rings is 1. The lowest BCUT2D eigenvalue weighted by Gasteiger charge is -2.26. The van der Waals surface area contributed by atoms with Crippen molar-refractivity contribution in [3.8, 4) is 0 Å². The molecule has 0 radical (unpaired) electrons. The van der Waals surface area contributed by atoms with Crippen molar-refractivity contribution in [3.63, 3.8) is 0 Å². The first-order valence-electron chi connectivity index (χ1n) is 9.20. The van der Waals surface area contributed by atoms with Crippen molar-refractivity contribution in [2.75, 3.05) is 32.6 Å². The molecule has 0 atom stereocenters. The summed E-state index contributed by atoms with van der Waals surface area (Å²) in [5.41, 5.74) is 0.448. The minimum atomic E-state index is -0.110. The Morgan fingerprint density at radius 1 is 1.30 bits per heavy atom. The van der Waals surface area contributed by atoms with Gasteiger partial charge < -0.3 is 9.64 Å². The molecule has 3 rings (SSSR count). The minimum Gasteiger partial charge on any atom is -0.385 e. The van der Waals surface area contributed by atoms with Crippen LogP contribution in [0.1, 0.15) is 25.7 Å². The first kappa shape index (κ1) is 20.2. The van der Waals surface area contributed by atoms with E-state index in [1.54, 1.807) is 29.9 Å². The molecule has 2 heterocycles. The highest BCUT2D eigenvalue weighted by molar-refractivity contribution is 7.99. The van der Waals surface area contributed by atoms with Crippen LogP contribution in [-0.4, -0.2) is 52.9 Å². The fraction of sp³-hybridized carbons (Fsp3) is 0.526. The third kappa shape index (κ3) is 5.03. The second-order valence-corrected chi connectivity index (χ2v) is 7.97.